The van der Waals surface area contributed by atoms with E-state index in [-0.39, 0.29) is 17.9 Å². The Kier molecular flexibility index (Phi) is 4.54. The van der Waals surface area contributed by atoms with Crippen LogP contribution in [0.3, 0.4) is 0 Å². The Hall–Kier alpha value is -0.610. The van der Waals surface area contributed by atoms with Crippen LogP contribution in [0, 0.1) is 5.41 Å². The number of hydrogen-bond acceptors (Lipinski definition) is 3. The molecule has 0 radical (unpaired) electrons. The maximum Gasteiger partial charge on any atom is 0.229 e. The van der Waals surface area contributed by atoms with Crippen molar-refractivity contribution >= 4 is 5.91 Å². The van der Waals surface area contributed by atoms with Gasteiger partial charge in [0.05, 0.1) is 12.0 Å². The van der Waals surface area contributed by atoms with Crippen molar-refractivity contribution < 1.29 is 9.90 Å². The number of hydrogen-bond donors (Lipinski definition) is 2. The van der Waals surface area contributed by atoms with E-state index in [4.69, 9.17) is 10.8 Å². The van der Waals surface area contributed by atoms with Gasteiger partial charge in [-0.1, -0.05) is 19.3 Å². The summed E-state index contributed by atoms with van der Waals surface area (Å²) in [6, 6.07) is 0. The third-order valence-corrected chi connectivity index (χ3v) is 3.44. The van der Waals surface area contributed by atoms with Gasteiger partial charge in [-0.15, -0.1) is 0 Å². The van der Waals surface area contributed by atoms with Crippen LogP contribution in [0.1, 0.15) is 32.1 Å². The third kappa shape index (κ3) is 2.69. The Morgan fingerprint density at radius 2 is 2.00 bits per heavy atom. The fraction of sp³-hybridized carbons (Fsp3) is 0.909. The van der Waals surface area contributed by atoms with E-state index in [0.717, 1.165) is 25.7 Å². The van der Waals surface area contributed by atoms with E-state index >= 15 is 0 Å². The fourth-order valence-electron chi connectivity index (χ4n) is 2.39. The first-order valence-corrected chi connectivity index (χ1v) is 5.73. The van der Waals surface area contributed by atoms with Crippen molar-refractivity contribution in [3.63, 3.8) is 0 Å². The summed E-state index contributed by atoms with van der Waals surface area (Å²) in [6.45, 7) is 0.852. The number of amides is 1. The average molecular weight is 214 g/mol. The lowest BCUT2D eigenvalue weighted by atomic mass is 9.73. The second-order valence-corrected chi connectivity index (χ2v) is 4.50. The first kappa shape index (κ1) is 12.5. The first-order valence-electron chi connectivity index (χ1n) is 5.73. The molecule has 15 heavy (non-hydrogen) atoms. The van der Waals surface area contributed by atoms with Gasteiger partial charge in [0.25, 0.3) is 0 Å². The number of carbonyl (C=O) groups excluding carboxylic acids is 1. The Labute approximate surface area is 91.4 Å². The molecular weight excluding hydrogens is 192 g/mol. The van der Waals surface area contributed by atoms with E-state index in [1.165, 1.54) is 6.42 Å². The molecule has 0 saturated heterocycles. The molecule has 4 heteroatoms. The van der Waals surface area contributed by atoms with Crippen molar-refractivity contribution in [2.75, 3.05) is 26.7 Å². The molecule has 0 bridgehead atoms. The van der Waals surface area contributed by atoms with E-state index < -0.39 is 0 Å². The van der Waals surface area contributed by atoms with E-state index in [9.17, 15) is 4.79 Å². The molecule has 1 amide bonds. The molecule has 0 atom stereocenters. The average Bonchev–Trinajstić information content (AvgIpc) is 2.29. The summed E-state index contributed by atoms with van der Waals surface area (Å²) >= 11 is 0. The van der Waals surface area contributed by atoms with Crippen molar-refractivity contribution in [1.82, 2.24) is 4.90 Å². The third-order valence-electron chi connectivity index (χ3n) is 3.44. The predicted molar refractivity (Wildman–Crippen MR) is 59.3 cm³/mol. The maximum absolute atomic E-state index is 12.2. The second-order valence-electron chi connectivity index (χ2n) is 4.50. The van der Waals surface area contributed by atoms with Gasteiger partial charge in [0, 0.05) is 20.1 Å². The summed E-state index contributed by atoms with van der Waals surface area (Å²) in [5.41, 5.74) is 5.42. The highest BCUT2D eigenvalue weighted by molar-refractivity contribution is 5.82. The Bertz CT molecular complexity index is 213. The molecule has 3 N–H and O–H groups in total. The summed E-state index contributed by atoms with van der Waals surface area (Å²) in [5.74, 6) is 0.110. The van der Waals surface area contributed by atoms with Gasteiger partial charge in [0.1, 0.15) is 0 Å². The number of rotatable bonds is 4. The number of nitrogens with zero attached hydrogens (tertiary/aromatic N) is 1. The highest BCUT2D eigenvalue weighted by Gasteiger charge is 2.39. The number of nitrogens with two attached hydrogens (primary N) is 1. The number of aliphatic hydroxyl groups is 1. The summed E-state index contributed by atoms with van der Waals surface area (Å²) in [5, 5.41) is 8.82. The molecule has 1 aliphatic rings. The number of carbonyl (C=O) groups is 1. The van der Waals surface area contributed by atoms with Crippen molar-refractivity contribution in [3.05, 3.63) is 0 Å². The lowest BCUT2D eigenvalue weighted by molar-refractivity contribution is -0.142. The van der Waals surface area contributed by atoms with Crippen LogP contribution in [0.4, 0.5) is 0 Å². The minimum absolute atomic E-state index is 0.0168. The van der Waals surface area contributed by atoms with Crippen molar-refractivity contribution in [1.29, 1.82) is 0 Å². The monoisotopic (exact) mass is 214 g/mol. The quantitative estimate of drug-likeness (QED) is 0.709. The first-order chi connectivity index (χ1) is 7.16. The van der Waals surface area contributed by atoms with Crippen molar-refractivity contribution in [2.24, 2.45) is 11.1 Å². The largest absolute Gasteiger partial charge is 0.395 e. The Morgan fingerprint density at radius 3 is 2.47 bits per heavy atom. The molecule has 1 saturated carbocycles. The zero-order valence-electron chi connectivity index (χ0n) is 9.54. The van der Waals surface area contributed by atoms with Gasteiger partial charge in [0.15, 0.2) is 0 Å². The standard InChI is InChI=1S/C11H22N2O2/c1-13(7-8-14)10(15)11(9-12)5-3-2-4-6-11/h14H,2-9,12H2,1H3. The molecule has 0 aliphatic heterocycles. The lowest BCUT2D eigenvalue weighted by Gasteiger charge is -2.37. The maximum atomic E-state index is 12.2. The summed E-state index contributed by atoms with van der Waals surface area (Å²) in [6.07, 6.45) is 5.20. The highest BCUT2D eigenvalue weighted by Crippen LogP contribution is 2.36. The molecule has 0 heterocycles. The molecule has 0 spiro atoms. The van der Waals surface area contributed by atoms with E-state index in [1.54, 1.807) is 11.9 Å². The normalized spacial score (nSPS) is 19.9. The molecule has 0 aromatic heterocycles. The van der Waals surface area contributed by atoms with Crippen molar-refractivity contribution in [3.8, 4) is 0 Å². The van der Waals surface area contributed by atoms with Crippen LogP contribution in [0.5, 0.6) is 0 Å². The number of likely N-dealkylation sites (N-methyl/N-ethyl adjacent to an activating group) is 1. The molecule has 1 rings (SSSR count). The summed E-state index contributed by atoms with van der Waals surface area (Å²) in [4.78, 5) is 13.8. The molecule has 0 aromatic carbocycles. The molecule has 4 nitrogen and oxygen atoms in total. The highest BCUT2D eigenvalue weighted by atomic mass is 16.3. The van der Waals surface area contributed by atoms with Crippen LogP contribution in [0.25, 0.3) is 0 Å². The molecular formula is C11H22N2O2. The predicted octanol–water partition coefficient (Wildman–Crippen LogP) is 0.346. The van der Waals surface area contributed by atoms with Gasteiger partial charge < -0.3 is 15.7 Å². The Balaban J connectivity index is 2.67. The minimum Gasteiger partial charge on any atom is -0.395 e. The molecule has 88 valence electrons. The molecule has 1 fully saturated rings. The smallest absolute Gasteiger partial charge is 0.229 e. The van der Waals surface area contributed by atoms with Gasteiger partial charge in [-0.05, 0) is 12.8 Å². The van der Waals surface area contributed by atoms with E-state index in [0.29, 0.717) is 13.1 Å². The van der Waals surface area contributed by atoms with Crippen molar-refractivity contribution in [2.45, 2.75) is 32.1 Å². The molecule has 0 aromatic rings. The van der Waals surface area contributed by atoms with Crippen LogP contribution in [-0.2, 0) is 4.79 Å². The van der Waals surface area contributed by atoms with Crippen LogP contribution in [-0.4, -0.2) is 42.7 Å². The lowest BCUT2D eigenvalue weighted by Crippen LogP contribution is -2.48. The summed E-state index contributed by atoms with van der Waals surface area (Å²) in [7, 11) is 1.74. The van der Waals surface area contributed by atoms with Gasteiger partial charge in [-0.25, -0.2) is 0 Å². The zero-order chi connectivity index (χ0) is 11.3. The SMILES string of the molecule is CN(CCO)C(=O)C1(CN)CCCCC1. The van der Waals surface area contributed by atoms with Gasteiger partial charge in [0.2, 0.25) is 5.91 Å². The summed E-state index contributed by atoms with van der Waals surface area (Å²) < 4.78 is 0. The molecule has 0 unspecified atom stereocenters. The van der Waals surface area contributed by atoms with Crippen LogP contribution >= 0.6 is 0 Å². The second kappa shape index (κ2) is 5.47. The fourth-order valence-corrected chi connectivity index (χ4v) is 2.39. The Morgan fingerprint density at radius 1 is 1.40 bits per heavy atom. The minimum atomic E-state index is -0.345. The molecule has 1 aliphatic carbocycles. The van der Waals surface area contributed by atoms with Crippen LogP contribution in [0.2, 0.25) is 0 Å². The number of aliphatic hydroxyl groups excluding tert-OH is 1. The van der Waals surface area contributed by atoms with Crippen LogP contribution < -0.4 is 5.73 Å². The van der Waals surface area contributed by atoms with Gasteiger partial charge >= 0.3 is 0 Å². The van der Waals surface area contributed by atoms with Gasteiger partial charge in [-0.3, -0.25) is 4.79 Å². The van der Waals surface area contributed by atoms with E-state index in [2.05, 4.69) is 0 Å². The topological polar surface area (TPSA) is 66.6 Å². The van der Waals surface area contributed by atoms with E-state index in [1.807, 2.05) is 0 Å². The van der Waals surface area contributed by atoms with Gasteiger partial charge in [-0.2, -0.15) is 0 Å². The van der Waals surface area contributed by atoms with Crippen LogP contribution in [0.15, 0.2) is 0 Å². The zero-order valence-corrected chi connectivity index (χ0v) is 9.54.